The maximum Gasteiger partial charge on any atom is 0.130 e. The lowest BCUT2D eigenvalue weighted by Gasteiger charge is -2.03. The van der Waals surface area contributed by atoms with Crippen molar-refractivity contribution < 1.29 is 9.90 Å². The van der Waals surface area contributed by atoms with E-state index in [-0.39, 0.29) is 12.4 Å². The Morgan fingerprint density at radius 3 is 1.03 bits per heavy atom. The Morgan fingerprint density at radius 2 is 0.767 bits per heavy atom. The van der Waals surface area contributed by atoms with Crippen molar-refractivity contribution in [3.63, 3.8) is 0 Å². The lowest BCUT2D eigenvalue weighted by atomic mass is 10.0. The molecule has 2 nitrogen and oxygen atoms in total. The molecule has 0 aliphatic carbocycles. The molecule has 0 unspecified atom stereocenters. The van der Waals surface area contributed by atoms with Crippen LogP contribution >= 0.6 is 0 Å². The summed E-state index contributed by atoms with van der Waals surface area (Å²) < 4.78 is 0. The normalized spacial score (nSPS) is 14.4. The molecule has 0 fully saturated rings. The number of hydrogen-bond acceptors (Lipinski definition) is 2. The standard InChI is InChI=1S/C28H46O2/c1-23(14-8-16-25(3)18-10-20-27(5)22-29)12-7-13-24(2)15-9-17-26(4)19-11-21-28(6)30/h12,15-16,19-20,29H,7-11,13-14,17-18,21-22H2,1-6H3. The summed E-state index contributed by atoms with van der Waals surface area (Å²) in [5.74, 6) is 0.269. The van der Waals surface area contributed by atoms with Crippen LogP contribution in [-0.4, -0.2) is 17.5 Å². The van der Waals surface area contributed by atoms with Crippen molar-refractivity contribution in [2.45, 2.75) is 106 Å². The highest BCUT2D eigenvalue weighted by Crippen LogP contribution is 2.15. The zero-order valence-corrected chi connectivity index (χ0v) is 20.5. The minimum atomic E-state index is 0.167. The second kappa shape index (κ2) is 18.1. The number of rotatable bonds is 16. The molecule has 1 N–H and O–H groups in total. The van der Waals surface area contributed by atoms with Crippen molar-refractivity contribution in [2.75, 3.05) is 6.61 Å². The number of hydrogen-bond donors (Lipinski definition) is 1. The molecule has 0 aromatic rings. The van der Waals surface area contributed by atoms with Crippen molar-refractivity contribution in [3.05, 3.63) is 58.2 Å². The molecule has 0 heterocycles. The van der Waals surface area contributed by atoms with E-state index in [1.165, 1.54) is 22.3 Å². The average molecular weight is 415 g/mol. The minimum Gasteiger partial charge on any atom is -0.392 e. The van der Waals surface area contributed by atoms with Crippen molar-refractivity contribution in [1.29, 1.82) is 0 Å². The van der Waals surface area contributed by atoms with Crippen LogP contribution in [0.2, 0.25) is 0 Å². The molecule has 2 heteroatoms. The Morgan fingerprint density at radius 1 is 0.500 bits per heavy atom. The Bertz CT molecular complexity index is 642. The van der Waals surface area contributed by atoms with E-state index in [0.717, 1.165) is 63.4 Å². The second-order valence-electron chi connectivity index (χ2n) is 8.81. The highest BCUT2D eigenvalue weighted by Gasteiger charge is 1.95. The lowest BCUT2D eigenvalue weighted by Crippen LogP contribution is -1.87. The van der Waals surface area contributed by atoms with Crippen LogP contribution in [0.4, 0.5) is 0 Å². The topological polar surface area (TPSA) is 37.3 Å². The summed E-state index contributed by atoms with van der Waals surface area (Å²) in [4.78, 5) is 11.0. The van der Waals surface area contributed by atoms with Gasteiger partial charge in [0.2, 0.25) is 0 Å². The first-order chi connectivity index (χ1) is 14.2. The molecular weight excluding hydrogens is 368 g/mol. The molecule has 0 bridgehead atoms. The quantitative estimate of drug-likeness (QED) is 0.258. The zero-order valence-electron chi connectivity index (χ0n) is 20.5. The van der Waals surface area contributed by atoms with Gasteiger partial charge in [0.1, 0.15) is 5.78 Å². The Balaban J connectivity index is 4.07. The molecule has 0 aliphatic heterocycles. The van der Waals surface area contributed by atoms with Crippen LogP contribution in [0.1, 0.15) is 106 Å². The van der Waals surface area contributed by atoms with E-state index >= 15 is 0 Å². The number of Topliss-reactive ketones (excluding diaryl/α,β-unsaturated/α-hetero) is 1. The van der Waals surface area contributed by atoms with Gasteiger partial charge in [0.15, 0.2) is 0 Å². The van der Waals surface area contributed by atoms with Gasteiger partial charge < -0.3 is 9.90 Å². The summed E-state index contributed by atoms with van der Waals surface area (Å²) in [6.45, 7) is 12.6. The summed E-state index contributed by atoms with van der Waals surface area (Å²) in [5.41, 5.74) is 6.83. The third-order valence-corrected chi connectivity index (χ3v) is 5.36. The maximum atomic E-state index is 11.0. The third-order valence-electron chi connectivity index (χ3n) is 5.36. The number of aliphatic hydroxyl groups excluding tert-OH is 1. The second-order valence-corrected chi connectivity index (χ2v) is 8.81. The lowest BCUT2D eigenvalue weighted by molar-refractivity contribution is -0.116. The smallest absolute Gasteiger partial charge is 0.130 e. The molecule has 0 amide bonds. The van der Waals surface area contributed by atoms with Crippen molar-refractivity contribution in [1.82, 2.24) is 0 Å². The molecule has 0 saturated heterocycles. The highest BCUT2D eigenvalue weighted by molar-refractivity contribution is 5.75. The van der Waals surface area contributed by atoms with E-state index in [9.17, 15) is 4.79 Å². The number of carbonyl (C=O) groups is 1. The minimum absolute atomic E-state index is 0.167. The fraction of sp³-hybridized carbons (Fsp3) is 0.607. The van der Waals surface area contributed by atoms with Crippen LogP contribution in [0.25, 0.3) is 0 Å². The molecule has 170 valence electrons. The summed E-state index contributed by atoms with van der Waals surface area (Å²) >= 11 is 0. The van der Waals surface area contributed by atoms with Gasteiger partial charge in [-0.25, -0.2) is 0 Å². The Hall–Kier alpha value is -1.67. The predicted octanol–water partition coefficient (Wildman–Crippen LogP) is 8.20. The average Bonchev–Trinajstić information content (AvgIpc) is 2.67. The predicted molar refractivity (Wildman–Crippen MR) is 133 cm³/mol. The van der Waals surface area contributed by atoms with Crippen LogP contribution in [0, 0.1) is 0 Å². The van der Waals surface area contributed by atoms with Crippen LogP contribution in [0.5, 0.6) is 0 Å². The molecule has 0 aliphatic rings. The number of aliphatic hydroxyl groups is 1. The monoisotopic (exact) mass is 414 g/mol. The van der Waals surface area contributed by atoms with Gasteiger partial charge in [-0.2, -0.15) is 0 Å². The molecule has 0 radical (unpaired) electrons. The van der Waals surface area contributed by atoms with Crippen molar-refractivity contribution >= 4 is 5.78 Å². The number of carbonyl (C=O) groups excluding carboxylic acids is 1. The Labute approximate surface area is 186 Å². The van der Waals surface area contributed by atoms with Crippen LogP contribution < -0.4 is 0 Å². The van der Waals surface area contributed by atoms with E-state index in [1.54, 1.807) is 6.92 Å². The molecule has 30 heavy (non-hydrogen) atoms. The highest BCUT2D eigenvalue weighted by atomic mass is 16.3. The summed E-state index contributed by atoms with van der Waals surface area (Å²) in [7, 11) is 0. The molecule has 0 saturated carbocycles. The molecule has 0 atom stereocenters. The van der Waals surface area contributed by atoms with Crippen molar-refractivity contribution in [2.24, 2.45) is 0 Å². The van der Waals surface area contributed by atoms with E-state index in [4.69, 9.17) is 5.11 Å². The molecular formula is C28H46O2. The maximum absolute atomic E-state index is 11.0. The van der Waals surface area contributed by atoms with Crippen LogP contribution in [0.15, 0.2) is 58.2 Å². The largest absolute Gasteiger partial charge is 0.392 e. The number of ketones is 1. The van der Waals surface area contributed by atoms with Gasteiger partial charge in [-0.1, -0.05) is 58.2 Å². The molecule has 0 aromatic carbocycles. The van der Waals surface area contributed by atoms with Gasteiger partial charge in [-0.15, -0.1) is 0 Å². The third kappa shape index (κ3) is 18.4. The van der Waals surface area contributed by atoms with Gasteiger partial charge in [0, 0.05) is 6.42 Å². The summed E-state index contributed by atoms with van der Waals surface area (Å²) in [5, 5.41) is 9.01. The van der Waals surface area contributed by atoms with E-state index in [1.807, 2.05) is 6.92 Å². The zero-order chi connectivity index (χ0) is 22.8. The van der Waals surface area contributed by atoms with E-state index < -0.39 is 0 Å². The van der Waals surface area contributed by atoms with E-state index in [0.29, 0.717) is 6.42 Å². The first-order valence-electron chi connectivity index (χ1n) is 11.6. The molecule has 0 aromatic heterocycles. The van der Waals surface area contributed by atoms with E-state index in [2.05, 4.69) is 58.1 Å². The van der Waals surface area contributed by atoms with Crippen LogP contribution in [0.3, 0.4) is 0 Å². The van der Waals surface area contributed by atoms with Gasteiger partial charge in [-0.3, -0.25) is 0 Å². The van der Waals surface area contributed by atoms with Crippen molar-refractivity contribution in [3.8, 4) is 0 Å². The summed E-state index contributed by atoms with van der Waals surface area (Å²) in [6, 6.07) is 0. The first kappa shape index (κ1) is 28.3. The van der Waals surface area contributed by atoms with Gasteiger partial charge in [0.25, 0.3) is 0 Å². The van der Waals surface area contributed by atoms with Gasteiger partial charge in [0.05, 0.1) is 6.61 Å². The summed E-state index contributed by atoms with van der Waals surface area (Å²) in [6.07, 6.45) is 21.8. The number of allylic oxidation sites excluding steroid dienone is 9. The van der Waals surface area contributed by atoms with Crippen LogP contribution in [-0.2, 0) is 4.79 Å². The Kier molecular flexibility index (Phi) is 17.1. The SMILES string of the molecule is CC(=O)CCC=C(C)CCC=C(C)CCC=C(C)CCC=C(C)CCC=C(C)CO. The fourth-order valence-electron chi connectivity index (χ4n) is 3.18. The van der Waals surface area contributed by atoms with Gasteiger partial charge >= 0.3 is 0 Å². The molecule has 0 rings (SSSR count). The first-order valence-corrected chi connectivity index (χ1v) is 11.6. The fourth-order valence-corrected chi connectivity index (χ4v) is 3.18. The van der Waals surface area contributed by atoms with Gasteiger partial charge in [-0.05, 0) is 99.3 Å². The molecule has 0 spiro atoms.